The number of hydrogen-bond acceptors (Lipinski definition) is 6. The van der Waals surface area contributed by atoms with Crippen LogP contribution in [0, 0.1) is 22.7 Å². The minimum absolute atomic E-state index is 0.0555. The fraction of sp³-hybridized carbons (Fsp3) is 0.692. The number of carboxylic acid groups (broad SMARTS) is 2. The average molecular weight is 481 g/mol. The van der Waals surface area contributed by atoms with Gasteiger partial charge < -0.3 is 33.1 Å². The number of nitrogens with two attached hydrogens (primary N) is 4. The third-order valence-corrected chi connectivity index (χ3v) is 6.13. The Morgan fingerprint density at radius 3 is 1.71 bits per heavy atom. The van der Waals surface area contributed by atoms with Crippen molar-refractivity contribution in [2.24, 2.45) is 45.6 Å². The quantitative estimate of drug-likeness (QED) is 0.246. The van der Waals surface area contributed by atoms with Crippen LogP contribution in [0.5, 0.6) is 0 Å². The van der Waals surface area contributed by atoms with Crippen molar-refractivity contribution in [1.82, 2.24) is 0 Å². The van der Waals surface area contributed by atoms with Gasteiger partial charge in [0, 0.05) is 6.04 Å². The molecule has 8 nitrogen and oxygen atoms in total. The third kappa shape index (κ3) is 11.4. The Kier molecular flexibility index (Phi) is 13.6. The van der Waals surface area contributed by atoms with E-state index >= 15 is 0 Å². The molecule has 34 heavy (non-hydrogen) atoms. The fourth-order valence-corrected chi connectivity index (χ4v) is 4.56. The highest BCUT2D eigenvalue weighted by Crippen LogP contribution is 2.36. The lowest BCUT2D eigenvalue weighted by atomic mass is 9.76. The van der Waals surface area contributed by atoms with E-state index in [0.29, 0.717) is 24.8 Å². The van der Waals surface area contributed by atoms with Gasteiger partial charge in [-0.3, -0.25) is 0 Å². The summed E-state index contributed by atoms with van der Waals surface area (Å²) in [5.41, 5.74) is 23.1. The topological polar surface area (TPSA) is 179 Å². The maximum Gasteiger partial charge on any atom is 0.336 e. The first-order valence-electron chi connectivity index (χ1n) is 12.1. The van der Waals surface area contributed by atoms with Crippen LogP contribution >= 0.6 is 0 Å². The van der Waals surface area contributed by atoms with Crippen LogP contribution in [-0.4, -0.2) is 41.8 Å². The summed E-state index contributed by atoms with van der Waals surface area (Å²) in [5.74, 6) is -1.33. The molecule has 0 heterocycles. The number of carbonyl (C=O) groups is 2. The third-order valence-electron chi connectivity index (χ3n) is 6.13. The van der Waals surface area contributed by atoms with Crippen LogP contribution in [0.4, 0.5) is 0 Å². The van der Waals surface area contributed by atoms with Gasteiger partial charge in [-0.2, -0.15) is 0 Å². The number of rotatable bonds is 13. The molecule has 196 valence electrons. The molecule has 0 aliphatic heterocycles. The molecule has 0 spiro atoms. The van der Waals surface area contributed by atoms with Crippen LogP contribution in [0.1, 0.15) is 99.5 Å². The van der Waals surface area contributed by atoms with Crippen molar-refractivity contribution < 1.29 is 19.8 Å². The van der Waals surface area contributed by atoms with E-state index in [1.807, 2.05) is 20.8 Å². The zero-order valence-electron chi connectivity index (χ0n) is 21.9. The Labute approximate surface area is 205 Å². The van der Waals surface area contributed by atoms with E-state index in [1.165, 1.54) is 24.6 Å². The van der Waals surface area contributed by atoms with Crippen LogP contribution in [0.2, 0.25) is 0 Å². The summed E-state index contributed by atoms with van der Waals surface area (Å²) in [4.78, 5) is 22.9. The van der Waals surface area contributed by atoms with Gasteiger partial charge in [0.05, 0.1) is 11.1 Å². The number of hydrogen-bond donors (Lipinski definition) is 6. The molecule has 0 aliphatic carbocycles. The van der Waals surface area contributed by atoms with E-state index in [1.54, 1.807) is 0 Å². The van der Waals surface area contributed by atoms with Crippen LogP contribution in [-0.2, 0) is 0 Å². The van der Waals surface area contributed by atoms with Gasteiger partial charge in [0.15, 0.2) is 0 Å². The first-order chi connectivity index (χ1) is 15.6. The van der Waals surface area contributed by atoms with Gasteiger partial charge >= 0.3 is 11.9 Å². The molecule has 0 saturated heterocycles. The Balaban J connectivity index is 0.000000833. The van der Waals surface area contributed by atoms with Crippen molar-refractivity contribution in [1.29, 1.82) is 0 Å². The monoisotopic (exact) mass is 480 g/mol. The van der Waals surface area contributed by atoms with E-state index < -0.39 is 18.0 Å². The summed E-state index contributed by atoms with van der Waals surface area (Å²) in [5, 5.41) is 18.7. The van der Waals surface area contributed by atoms with Gasteiger partial charge in [-0.1, -0.05) is 47.6 Å². The zero-order valence-corrected chi connectivity index (χ0v) is 21.9. The van der Waals surface area contributed by atoms with Crippen molar-refractivity contribution >= 4 is 11.9 Å². The predicted octanol–water partition coefficient (Wildman–Crippen LogP) is 3.83. The summed E-state index contributed by atoms with van der Waals surface area (Å²) >= 11 is 0. The summed E-state index contributed by atoms with van der Waals surface area (Å²) in [6.45, 7) is 14.9. The van der Waals surface area contributed by atoms with Gasteiger partial charge in [0.25, 0.3) is 0 Å². The van der Waals surface area contributed by atoms with Crippen LogP contribution in [0.3, 0.4) is 0 Å². The average Bonchev–Trinajstić information content (AvgIpc) is 2.72. The highest BCUT2D eigenvalue weighted by atomic mass is 16.4. The molecule has 0 saturated carbocycles. The molecule has 0 amide bonds. The SMILES string of the molecule is CC(CCN)CC(C)(C)CN.CC(CN)CC(C)(C)CC(N)c1c(C(=O)O)cccc1C(=O)O. The first kappa shape index (κ1) is 32.0. The second-order valence-corrected chi connectivity index (χ2v) is 11.2. The van der Waals surface area contributed by atoms with E-state index in [-0.39, 0.29) is 27.5 Å². The largest absolute Gasteiger partial charge is 0.478 e. The summed E-state index contributed by atoms with van der Waals surface area (Å²) < 4.78 is 0. The minimum atomic E-state index is -1.17. The van der Waals surface area contributed by atoms with E-state index in [2.05, 4.69) is 20.8 Å². The van der Waals surface area contributed by atoms with Gasteiger partial charge in [-0.05, 0) is 85.7 Å². The highest BCUT2D eigenvalue weighted by molar-refractivity contribution is 5.96. The molecule has 8 heteroatoms. The van der Waals surface area contributed by atoms with E-state index in [0.717, 1.165) is 25.9 Å². The molecule has 1 aromatic rings. The Bertz CT molecular complexity index is 748. The summed E-state index contributed by atoms with van der Waals surface area (Å²) in [7, 11) is 0. The van der Waals surface area contributed by atoms with Crippen molar-refractivity contribution in [3.05, 3.63) is 34.9 Å². The standard InChI is InChI=1S/C17H26N2O4.C9H22N2/c1-10(9-18)7-17(2,3)8-13(19)14-11(15(20)21)5-4-6-12(14)16(22)23;1-8(4-5-10)6-9(2,3)7-11/h4-6,10,13H,7-9,18-19H2,1-3H3,(H,20,21)(H,22,23);8H,4-7,10-11H2,1-3H3. The molecular weight excluding hydrogens is 432 g/mol. The van der Waals surface area contributed by atoms with Crippen molar-refractivity contribution in [3.63, 3.8) is 0 Å². The molecule has 0 aliphatic rings. The molecule has 0 aromatic heterocycles. The van der Waals surface area contributed by atoms with Crippen molar-refractivity contribution in [3.8, 4) is 0 Å². The van der Waals surface area contributed by atoms with Crippen LogP contribution in [0.25, 0.3) is 0 Å². The summed E-state index contributed by atoms with van der Waals surface area (Å²) in [6, 6.07) is 3.53. The molecule has 3 unspecified atom stereocenters. The number of benzene rings is 1. The number of carboxylic acids is 2. The molecule has 0 bridgehead atoms. The molecule has 0 radical (unpaired) electrons. The molecule has 1 aromatic carbocycles. The van der Waals surface area contributed by atoms with E-state index in [4.69, 9.17) is 22.9 Å². The minimum Gasteiger partial charge on any atom is -0.478 e. The van der Waals surface area contributed by atoms with Crippen molar-refractivity contribution in [2.75, 3.05) is 19.6 Å². The van der Waals surface area contributed by atoms with Crippen LogP contribution in [0.15, 0.2) is 18.2 Å². The molecule has 0 fully saturated rings. The van der Waals surface area contributed by atoms with Gasteiger partial charge in [0.2, 0.25) is 0 Å². The first-order valence-corrected chi connectivity index (χ1v) is 12.1. The van der Waals surface area contributed by atoms with Crippen molar-refractivity contribution in [2.45, 2.75) is 73.3 Å². The van der Waals surface area contributed by atoms with Crippen LogP contribution < -0.4 is 22.9 Å². The second-order valence-electron chi connectivity index (χ2n) is 11.2. The second kappa shape index (κ2) is 14.4. The van der Waals surface area contributed by atoms with Gasteiger partial charge in [0.1, 0.15) is 0 Å². The maximum atomic E-state index is 11.4. The maximum absolute atomic E-state index is 11.4. The molecule has 3 atom stereocenters. The lowest BCUT2D eigenvalue weighted by Gasteiger charge is -2.31. The van der Waals surface area contributed by atoms with E-state index in [9.17, 15) is 19.8 Å². The fourth-order valence-electron chi connectivity index (χ4n) is 4.56. The Morgan fingerprint density at radius 2 is 1.32 bits per heavy atom. The Hall–Kier alpha value is -2.00. The van der Waals surface area contributed by atoms with Gasteiger partial charge in [-0.25, -0.2) is 9.59 Å². The normalized spacial score (nSPS) is 14.5. The van der Waals surface area contributed by atoms with Gasteiger partial charge in [-0.15, -0.1) is 0 Å². The molecular formula is C26H48N4O4. The predicted molar refractivity (Wildman–Crippen MR) is 139 cm³/mol. The highest BCUT2D eigenvalue weighted by Gasteiger charge is 2.29. The molecule has 1 rings (SSSR count). The zero-order chi connectivity index (χ0) is 26.7. The lowest BCUT2D eigenvalue weighted by molar-refractivity contribution is 0.0692. The lowest BCUT2D eigenvalue weighted by Crippen LogP contribution is -2.28. The smallest absolute Gasteiger partial charge is 0.336 e. The number of aromatic carboxylic acids is 2. The summed E-state index contributed by atoms with van der Waals surface area (Å²) in [6.07, 6.45) is 3.60. The Morgan fingerprint density at radius 1 is 0.853 bits per heavy atom. The molecule has 10 N–H and O–H groups in total.